The normalized spacial score (nSPS) is 24.7. The lowest BCUT2D eigenvalue weighted by atomic mass is 10.1. The first kappa shape index (κ1) is 13.4. The topological polar surface area (TPSA) is 29.3 Å². The number of hydrogen-bond donors (Lipinski definition) is 0. The third-order valence-corrected chi connectivity index (χ3v) is 3.60. The van der Waals surface area contributed by atoms with Crippen LogP contribution in [-0.2, 0) is 17.6 Å². The Morgan fingerprint density at radius 3 is 2.45 bits per heavy atom. The van der Waals surface area contributed by atoms with Crippen LogP contribution in [0.4, 0.5) is 17.6 Å². The number of carbonyl (C=O) groups is 1. The van der Waals surface area contributed by atoms with Crippen molar-refractivity contribution in [2.75, 3.05) is 13.2 Å². The molecule has 1 amide bonds. The minimum atomic E-state index is -4.60. The maximum absolute atomic E-state index is 12.7. The summed E-state index contributed by atoms with van der Waals surface area (Å²) in [7, 11) is 0. The van der Waals surface area contributed by atoms with Crippen LogP contribution in [0.5, 0.6) is 0 Å². The molecule has 108 valence electrons. The smallest absolute Gasteiger partial charge is 0.377 e. The molecule has 2 saturated heterocycles. The molecule has 0 spiro atoms. The molecule has 0 radical (unpaired) electrons. The Bertz CT molecular complexity index is 548. The SMILES string of the molecule is O=C(c1cc(CF)cc(C(F)(F)F)c1)N1C2COCC21. The van der Waals surface area contributed by atoms with Gasteiger partial charge < -0.3 is 9.64 Å². The van der Waals surface area contributed by atoms with Crippen molar-refractivity contribution in [2.24, 2.45) is 0 Å². The van der Waals surface area contributed by atoms with Gasteiger partial charge in [0.05, 0.1) is 30.9 Å². The highest BCUT2D eigenvalue weighted by atomic mass is 19.4. The molecule has 3 rings (SSSR count). The molecule has 0 saturated carbocycles. The summed E-state index contributed by atoms with van der Waals surface area (Å²) in [5.41, 5.74) is -1.27. The number of morpholine rings is 1. The van der Waals surface area contributed by atoms with Crippen molar-refractivity contribution < 1.29 is 27.1 Å². The first-order valence-electron chi connectivity index (χ1n) is 6.09. The zero-order valence-corrected chi connectivity index (χ0v) is 10.3. The van der Waals surface area contributed by atoms with E-state index in [0.29, 0.717) is 13.2 Å². The Kier molecular flexibility index (Phi) is 2.97. The summed E-state index contributed by atoms with van der Waals surface area (Å²) in [4.78, 5) is 13.6. The lowest BCUT2D eigenvalue weighted by molar-refractivity contribution is -0.137. The van der Waals surface area contributed by atoms with Gasteiger partial charge in [0.25, 0.3) is 5.91 Å². The maximum atomic E-state index is 12.7. The highest BCUT2D eigenvalue weighted by Crippen LogP contribution is 2.37. The Hall–Kier alpha value is -1.63. The van der Waals surface area contributed by atoms with Crippen LogP contribution in [0.2, 0.25) is 0 Å². The van der Waals surface area contributed by atoms with Gasteiger partial charge in [0.2, 0.25) is 0 Å². The number of rotatable bonds is 2. The second kappa shape index (κ2) is 4.44. The summed E-state index contributed by atoms with van der Waals surface area (Å²) in [6.45, 7) is -0.225. The molecule has 1 aromatic rings. The molecule has 7 heteroatoms. The van der Waals surface area contributed by atoms with Gasteiger partial charge in [0.15, 0.2) is 0 Å². The van der Waals surface area contributed by atoms with Gasteiger partial charge in [-0.05, 0) is 23.8 Å². The molecular formula is C13H11F4NO2. The molecule has 2 aliphatic heterocycles. The number of amides is 1. The molecule has 0 aliphatic carbocycles. The Balaban J connectivity index is 1.91. The van der Waals surface area contributed by atoms with Gasteiger partial charge in [0, 0.05) is 5.56 Å². The van der Waals surface area contributed by atoms with E-state index >= 15 is 0 Å². The van der Waals surface area contributed by atoms with Crippen LogP contribution < -0.4 is 0 Å². The van der Waals surface area contributed by atoms with Crippen LogP contribution in [0.3, 0.4) is 0 Å². The van der Waals surface area contributed by atoms with E-state index < -0.39 is 24.3 Å². The molecule has 0 N–H and O–H groups in total. The highest BCUT2D eigenvalue weighted by Gasteiger charge is 2.54. The number of nitrogens with zero attached hydrogens (tertiary/aromatic N) is 1. The molecule has 2 unspecified atom stereocenters. The number of ether oxygens (including phenoxy) is 1. The Morgan fingerprint density at radius 2 is 1.90 bits per heavy atom. The van der Waals surface area contributed by atoms with Crippen molar-refractivity contribution in [1.29, 1.82) is 0 Å². The van der Waals surface area contributed by atoms with E-state index in [1.807, 2.05) is 0 Å². The summed E-state index contributed by atoms with van der Waals surface area (Å²) < 4.78 is 56.0. The number of halogens is 4. The highest BCUT2D eigenvalue weighted by molar-refractivity contribution is 5.97. The lowest BCUT2D eigenvalue weighted by Crippen LogP contribution is -2.21. The quantitative estimate of drug-likeness (QED) is 0.618. The van der Waals surface area contributed by atoms with E-state index in [4.69, 9.17) is 4.74 Å². The minimum Gasteiger partial charge on any atom is -0.377 e. The van der Waals surface area contributed by atoms with Gasteiger partial charge in [-0.3, -0.25) is 4.79 Å². The lowest BCUT2D eigenvalue weighted by Gasteiger charge is -2.12. The molecule has 20 heavy (non-hydrogen) atoms. The van der Waals surface area contributed by atoms with Crippen molar-refractivity contribution in [3.63, 3.8) is 0 Å². The molecule has 2 fully saturated rings. The van der Waals surface area contributed by atoms with E-state index in [2.05, 4.69) is 0 Å². The maximum Gasteiger partial charge on any atom is 0.416 e. The van der Waals surface area contributed by atoms with Crippen molar-refractivity contribution in [3.8, 4) is 0 Å². The van der Waals surface area contributed by atoms with Crippen molar-refractivity contribution >= 4 is 5.91 Å². The summed E-state index contributed by atoms with van der Waals surface area (Å²) in [6.07, 6.45) is -4.60. The third kappa shape index (κ3) is 2.15. The van der Waals surface area contributed by atoms with E-state index in [1.54, 1.807) is 0 Å². The average Bonchev–Trinajstić information content (AvgIpc) is 2.88. The second-order valence-corrected chi connectivity index (χ2v) is 4.93. The van der Waals surface area contributed by atoms with Crippen LogP contribution in [0, 0.1) is 0 Å². The summed E-state index contributed by atoms with van der Waals surface area (Å²) in [6, 6.07) is 2.57. The fraction of sp³-hybridized carbons (Fsp3) is 0.462. The van der Waals surface area contributed by atoms with Gasteiger partial charge in [-0.1, -0.05) is 0 Å². The number of alkyl halides is 4. The monoisotopic (exact) mass is 289 g/mol. The second-order valence-electron chi connectivity index (χ2n) is 4.93. The molecule has 0 aromatic heterocycles. The number of hydrogen-bond acceptors (Lipinski definition) is 2. The molecule has 2 atom stereocenters. The molecule has 2 heterocycles. The zero-order valence-electron chi connectivity index (χ0n) is 10.3. The molecule has 0 bridgehead atoms. The fourth-order valence-corrected chi connectivity index (χ4v) is 2.53. The van der Waals surface area contributed by atoms with E-state index in [-0.39, 0.29) is 23.2 Å². The van der Waals surface area contributed by atoms with Crippen LogP contribution in [0.1, 0.15) is 21.5 Å². The van der Waals surface area contributed by atoms with Gasteiger partial charge in [0.1, 0.15) is 6.67 Å². The van der Waals surface area contributed by atoms with Crippen molar-refractivity contribution in [2.45, 2.75) is 24.9 Å². The van der Waals surface area contributed by atoms with Gasteiger partial charge in [-0.25, -0.2) is 4.39 Å². The van der Waals surface area contributed by atoms with Crippen LogP contribution in [0.25, 0.3) is 0 Å². The largest absolute Gasteiger partial charge is 0.416 e. The van der Waals surface area contributed by atoms with E-state index in [0.717, 1.165) is 12.1 Å². The van der Waals surface area contributed by atoms with Gasteiger partial charge in [-0.2, -0.15) is 13.2 Å². The predicted octanol–water partition coefficient (Wildman–Crippen LogP) is 2.40. The molecular weight excluding hydrogens is 278 g/mol. The standard InChI is InChI=1S/C13H11F4NO2/c14-4-7-1-8(3-9(2-7)13(15,16)17)12(19)18-10-5-20-6-11(10)18/h1-3,10-11H,4-6H2. The van der Waals surface area contributed by atoms with Crippen LogP contribution in [-0.4, -0.2) is 36.1 Å². The van der Waals surface area contributed by atoms with E-state index in [9.17, 15) is 22.4 Å². The van der Waals surface area contributed by atoms with Crippen LogP contribution in [0.15, 0.2) is 18.2 Å². The zero-order chi connectivity index (χ0) is 14.5. The van der Waals surface area contributed by atoms with Crippen LogP contribution >= 0.6 is 0 Å². The first-order chi connectivity index (χ1) is 9.41. The number of fused-ring (bicyclic) bond motifs is 1. The summed E-state index contributed by atoms with van der Waals surface area (Å²) in [5.74, 6) is -0.496. The van der Waals surface area contributed by atoms with Crippen molar-refractivity contribution in [1.82, 2.24) is 4.90 Å². The summed E-state index contributed by atoms with van der Waals surface area (Å²) in [5, 5.41) is 0. The minimum absolute atomic E-state index is 0.0501. The predicted molar refractivity (Wildman–Crippen MR) is 60.8 cm³/mol. The number of benzene rings is 1. The molecule has 1 aromatic carbocycles. The number of carbonyl (C=O) groups excluding carboxylic acids is 1. The average molecular weight is 289 g/mol. The Morgan fingerprint density at radius 1 is 1.25 bits per heavy atom. The van der Waals surface area contributed by atoms with E-state index in [1.165, 1.54) is 11.0 Å². The fourth-order valence-electron chi connectivity index (χ4n) is 2.53. The van der Waals surface area contributed by atoms with Gasteiger partial charge >= 0.3 is 6.18 Å². The first-order valence-corrected chi connectivity index (χ1v) is 6.09. The summed E-state index contributed by atoms with van der Waals surface area (Å²) >= 11 is 0. The third-order valence-electron chi connectivity index (χ3n) is 3.60. The van der Waals surface area contributed by atoms with Crippen molar-refractivity contribution in [3.05, 3.63) is 34.9 Å². The molecule has 2 aliphatic rings. The van der Waals surface area contributed by atoms with Gasteiger partial charge in [-0.15, -0.1) is 0 Å². The molecule has 3 nitrogen and oxygen atoms in total. The Labute approximate surface area is 112 Å².